The van der Waals surface area contributed by atoms with Crippen LogP contribution in [0.5, 0.6) is 0 Å². The summed E-state index contributed by atoms with van der Waals surface area (Å²) in [6, 6.07) is 0. The normalized spacial score (nSPS) is 8.08. The summed E-state index contributed by atoms with van der Waals surface area (Å²) in [6.07, 6.45) is 22.1. The Labute approximate surface area is 167 Å². The van der Waals surface area contributed by atoms with E-state index in [0.29, 0.717) is 0 Å². The number of unbranched alkanes of at least 4 members (excludes halogenated alkanes) is 4. The van der Waals surface area contributed by atoms with Crippen molar-refractivity contribution in [1.82, 2.24) is 0 Å². The zero-order chi connectivity index (χ0) is 21.3. The van der Waals surface area contributed by atoms with Crippen LogP contribution >= 0.6 is 0 Å². The standard InChI is InChI=1S/C7H14O.C6H12.3C4H8/c1-2-3-4-5-6-7-8;1-3-5-6-4-2;3*1-3-4-2/h7H,2-6H2,1H3;5-6H,3-4H2,1-2H3;3*3H,1,4H2,2H3/b;6-5+;;;. The van der Waals surface area contributed by atoms with Gasteiger partial charge in [0.2, 0.25) is 0 Å². The van der Waals surface area contributed by atoms with Crippen molar-refractivity contribution in [3.05, 3.63) is 50.1 Å². The zero-order valence-corrected chi connectivity index (χ0v) is 19.1. The summed E-state index contributed by atoms with van der Waals surface area (Å²) in [6.45, 7) is 23.1. The lowest BCUT2D eigenvalue weighted by Gasteiger charge is -1.90. The van der Waals surface area contributed by atoms with Crippen LogP contribution in [0.25, 0.3) is 0 Å². The summed E-state index contributed by atoms with van der Waals surface area (Å²) in [5.74, 6) is 0. The first-order valence-electron chi connectivity index (χ1n) is 10.5. The van der Waals surface area contributed by atoms with Crippen molar-refractivity contribution in [1.29, 1.82) is 0 Å². The summed E-state index contributed by atoms with van der Waals surface area (Å²) < 4.78 is 0. The van der Waals surface area contributed by atoms with E-state index in [9.17, 15) is 4.79 Å². The van der Waals surface area contributed by atoms with Gasteiger partial charge in [0.05, 0.1) is 0 Å². The highest BCUT2D eigenvalue weighted by Crippen LogP contribution is 1.99. The predicted octanol–water partition coefficient (Wildman–Crippen LogP) is 9.27. The third kappa shape index (κ3) is 114. The van der Waals surface area contributed by atoms with Gasteiger partial charge in [0, 0.05) is 6.42 Å². The second-order valence-electron chi connectivity index (χ2n) is 5.39. The Morgan fingerprint density at radius 2 is 0.923 bits per heavy atom. The Morgan fingerprint density at radius 3 is 1.12 bits per heavy atom. The molecule has 0 aromatic heterocycles. The van der Waals surface area contributed by atoms with Crippen molar-refractivity contribution < 1.29 is 4.79 Å². The molecule has 0 aromatic rings. The summed E-state index contributed by atoms with van der Waals surface area (Å²) in [5, 5.41) is 0. The highest BCUT2D eigenvalue weighted by atomic mass is 16.1. The minimum absolute atomic E-state index is 0.750. The van der Waals surface area contributed by atoms with Gasteiger partial charge in [0.1, 0.15) is 6.29 Å². The Hall–Kier alpha value is -1.37. The number of allylic oxidation sites excluding steroid dienone is 5. The molecule has 0 bridgehead atoms. The molecule has 0 N–H and O–H groups in total. The smallest absolute Gasteiger partial charge is 0.119 e. The van der Waals surface area contributed by atoms with Gasteiger partial charge in [0.15, 0.2) is 0 Å². The Balaban J connectivity index is -0.0000000734. The first-order valence-corrected chi connectivity index (χ1v) is 10.5. The van der Waals surface area contributed by atoms with Crippen LogP contribution in [-0.4, -0.2) is 6.29 Å². The molecule has 0 radical (unpaired) electrons. The van der Waals surface area contributed by atoms with E-state index in [1.807, 2.05) is 18.2 Å². The molecular formula is C25H50O. The minimum atomic E-state index is 0.750. The lowest BCUT2D eigenvalue weighted by molar-refractivity contribution is -0.107. The first kappa shape index (κ1) is 35.7. The third-order valence-electron chi connectivity index (χ3n) is 2.68. The average molecular weight is 367 g/mol. The molecule has 0 spiro atoms. The van der Waals surface area contributed by atoms with Gasteiger partial charge in [-0.2, -0.15) is 0 Å². The van der Waals surface area contributed by atoms with Crippen molar-refractivity contribution in [2.24, 2.45) is 0 Å². The fourth-order valence-electron chi connectivity index (χ4n) is 0.988. The maximum Gasteiger partial charge on any atom is 0.119 e. The molecular weight excluding hydrogens is 316 g/mol. The van der Waals surface area contributed by atoms with Crippen molar-refractivity contribution in [3.63, 3.8) is 0 Å². The van der Waals surface area contributed by atoms with Gasteiger partial charge in [-0.3, -0.25) is 0 Å². The molecule has 0 rings (SSSR count). The number of hydrogen-bond donors (Lipinski definition) is 0. The van der Waals surface area contributed by atoms with Crippen LogP contribution in [0.2, 0.25) is 0 Å². The van der Waals surface area contributed by atoms with Crippen molar-refractivity contribution in [2.75, 3.05) is 0 Å². The molecule has 0 aliphatic rings. The molecule has 0 aliphatic heterocycles. The molecule has 1 heteroatoms. The van der Waals surface area contributed by atoms with Gasteiger partial charge >= 0.3 is 0 Å². The predicted molar refractivity (Wildman–Crippen MR) is 126 cm³/mol. The van der Waals surface area contributed by atoms with Crippen molar-refractivity contribution in [3.8, 4) is 0 Å². The fourth-order valence-corrected chi connectivity index (χ4v) is 0.988. The second-order valence-corrected chi connectivity index (χ2v) is 5.39. The molecule has 156 valence electrons. The first-order chi connectivity index (χ1) is 12.6. The maximum atomic E-state index is 9.77. The van der Waals surface area contributed by atoms with Crippen molar-refractivity contribution in [2.45, 2.75) is 106 Å². The van der Waals surface area contributed by atoms with Gasteiger partial charge in [-0.05, 0) is 38.5 Å². The van der Waals surface area contributed by atoms with Crippen LogP contribution in [0.1, 0.15) is 106 Å². The summed E-state index contributed by atoms with van der Waals surface area (Å²) in [4.78, 5) is 9.77. The lowest BCUT2D eigenvalue weighted by atomic mass is 10.2. The lowest BCUT2D eigenvalue weighted by Crippen LogP contribution is -1.76. The van der Waals surface area contributed by atoms with Crippen molar-refractivity contribution >= 4 is 6.29 Å². The summed E-state index contributed by atoms with van der Waals surface area (Å²) in [5.41, 5.74) is 0. The minimum Gasteiger partial charge on any atom is -0.303 e. The monoisotopic (exact) mass is 366 g/mol. The van der Waals surface area contributed by atoms with E-state index in [4.69, 9.17) is 0 Å². The van der Waals surface area contributed by atoms with Gasteiger partial charge in [-0.25, -0.2) is 0 Å². The van der Waals surface area contributed by atoms with E-state index in [2.05, 4.69) is 73.4 Å². The topological polar surface area (TPSA) is 17.1 Å². The molecule has 0 aliphatic carbocycles. The van der Waals surface area contributed by atoms with Gasteiger partial charge in [-0.1, -0.05) is 91.2 Å². The molecule has 0 unspecified atom stereocenters. The highest BCUT2D eigenvalue weighted by Gasteiger charge is 1.83. The number of carbonyl (C=O) groups is 1. The van der Waals surface area contributed by atoms with Crippen LogP contribution in [0.3, 0.4) is 0 Å². The quantitative estimate of drug-likeness (QED) is 0.214. The maximum absolute atomic E-state index is 9.77. The Bertz CT molecular complexity index is 226. The summed E-state index contributed by atoms with van der Waals surface area (Å²) in [7, 11) is 0. The largest absolute Gasteiger partial charge is 0.303 e. The van der Waals surface area contributed by atoms with E-state index in [1.54, 1.807) is 0 Å². The second kappa shape index (κ2) is 56.5. The summed E-state index contributed by atoms with van der Waals surface area (Å²) >= 11 is 0. The van der Waals surface area contributed by atoms with Gasteiger partial charge in [0.25, 0.3) is 0 Å². The van der Waals surface area contributed by atoms with Crippen LogP contribution < -0.4 is 0 Å². The van der Waals surface area contributed by atoms with E-state index in [1.165, 1.54) is 32.1 Å². The number of rotatable bonds is 10. The van der Waals surface area contributed by atoms with E-state index < -0.39 is 0 Å². The molecule has 0 amide bonds. The number of hydrogen-bond acceptors (Lipinski definition) is 1. The molecule has 0 atom stereocenters. The molecule has 0 heterocycles. The molecule has 0 saturated carbocycles. The Kier molecular flexibility index (Phi) is 77.6. The van der Waals surface area contributed by atoms with Gasteiger partial charge in [-0.15, -0.1) is 19.7 Å². The molecule has 0 fully saturated rings. The molecule has 0 aromatic carbocycles. The highest BCUT2D eigenvalue weighted by molar-refractivity contribution is 5.48. The third-order valence-corrected chi connectivity index (χ3v) is 2.68. The van der Waals surface area contributed by atoms with Gasteiger partial charge < -0.3 is 4.79 Å². The van der Waals surface area contributed by atoms with Crippen LogP contribution in [0.15, 0.2) is 50.1 Å². The molecule has 0 saturated heterocycles. The fraction of sp³-hybridized carbons (Fsp3) is 0.640. The molecule has 1 nitrogen and oxygen atoms in total. The van der Waals surface area contributed by atoms with E-state index in [-0.39, 0.29) is 0 Å². The Morgan fingerprint density at radius 1 is 0.577 bits per heavy atom. The zero-order valence-electron chi connectivity index (χ0n) is 19.1. The number of aldehydes is 1. The van der Waals surface area contributed by atoms with Crippen LogP contribution in [0.4, 0.5) is 0 Å². The van der Waals surface area contributed by atoms with E-state index >= 15 is 0 Å². The van der Waals surface area contributed by atoms with Crippen LogP contribution in [0, 0.1) is 0 Å². The number of carbonyl (C=O) groups excluding carboxylic acids is 1. The SMILES string of the molecule is C=CCC.C=CCC.C=CCC.CC/C=C/CC.CCCCCCC=O. The van der Waals surface area contributed by atoms with E-state index in [0.717, 1.165) is 38.4 Å². The van der Waals surface area contributed by atoms with Crippen LogP contribution in [-0.2, 0) is 4.79 Å². The average Bonchev–Trinajstić information content (AvgIpc) is 2.70. The molecule has 26 heavy (non-hydrogen) atoms.